The van der Waals surface area contributed by atoms with Crippen molar-refractivity contribution in [2.24, 2.45) is 0 Å². The van der Waals surface area contributed by atoms with Crippen LogP contribution in [0.15, 0.2) is 36.5 Å². The number of likely N-dealkylation sites (N-methyl/N-ethyl adjacent to an activating group) is 1. The number of esters is 2. The van der Waals surface area contributed by atoms with E-state index in [-0.39, 0.29) is 32.0 Å². The molecule has 0 radical (unpaired) electrons. The second kappa shape index (κ2) is 42.5. The van der Waals surface area contributed by atoms with Gasteiger partial charge in [0.15, 0.2) is 6.10 Å². The number of unbranched alkanes of at least 4 members (excludes halogenated alkanes) is 25. The summed E-state index contributed by atoms with van der Waals surface area (Å²) in [4.78, 5) is 37.7. The maximum Gasteiger partial charge on any atom is 0.306 e. The summed E-state index contributed by atoms with van der Waals surface area (Å²) in [7, 11) is 1.16. The molecule has 0 rings (SSSR count). The van der Waals surface area contributed by atoms with Crippen LogP contribution in [0.2, 0.25) is 0 Å². The van der Waals surface area contributed by atoms with Crippen LogP contribution in [0.25, 0.3) is 0 Å². The van der Waals surface area contributed by atoms with Crippen molar-refractivity contribution in [3.05, 3.63) is 36.5 Å². The summed E-state index contributed by atoms with van der Waals surface area (Å²) in [6.45, 7) is 4.21. The molecule has 0 saturated heterocycles. The highest BCUT2D eigenvalue weighted by Gasteiger charge is 2.21. The second-order valence-electron chi connectivity index (χ2n) is 17.8. The molecule has 0 aromatic heterocycles. The largest absolute Gasteiger partial charge is 0.756 e. The van der Waals surface area contributed by atoms with Crippen LogP contribution in [0.3, 0.4) is 0 Å². The van der Waals surface area contributed by atoms with Gasteiger partial charge < -0.3 is 27.9 Å². The van der Waals surface area contributed by atoms with Crippen molar-refractivity contribution in [1.82, 2.24) is 0 Å². The quantitative estimate of drug-likeness (QED) is 0.0196. The Kier molecular flexibility index (Phi) is 41.3. The van der Waals surface area contributed by atoms with Gasteiger partial charge in [-0.05, 0) is 70.6 Å². The number of rotatable bonds is 45. The van der Waals surface area contributed by atoms with E-state index in [1.54, 1.807) is 0 Å². The molecule has 352 valence electrons. The summed E-state index contributed by atoms with van der Waals surface area (Å²) in [6, 6.07) is 0. The van der Waals surface area contributed by atoms with Gasteiger partial charge in [0.1, 0.15) is 19.8 Å². The zero-order chi connectivity index (χ0) is 44.3. The number of allylic oxidation sites excluding steroid dienone is 6. The van der Waals surface area contributed by atoms with Crippen LogP contribution < -0.4 is 4.89 Å². The Balaban J connectivity index is 4.29. The first kappa shape index (κ1) is 58.2. The van der Waals surface area contributed by atoms with E-state index in [2.05, 4.69) is 50.3 Å². The second-order valence-corrected chi connectivity index (χ2v) is 19.2. The molecule has 60 heavy (non-hydrogen) atoms. The number of ether oxygens (including phenoxy) is 2. The number of hydrogen-bond acceptors (Lipinski definition) is 8. The molecule has 0 aromatic rings. The molecule has 0 amide bonds. The van der Waals surface area contributed by atoms with Crippen molar-refractivity contribution >= 4 is 19.8 Å². The highest BCUT2D eigenvalue weighted by Crippen LogP contribution is 2.38. The summed E-state index contributed by atoms with van der Waals surface area (Å²) in [5.41, 5.74) is 0. The Labute approximate surface area is 370 Å². The molecule has 1 unspecified atom stereocenters. The minimum atomic E-state index is -4.63. The molecule has 0 N–H and O–H groups in total. The van der Waals surface area contributed by atoms with E-state index in [1.165, 1.54) is 122 Å². The van der Waals surface area contributed by atoms with Gasteiger partial charge in [0, 0.05) is 12.8 Å². The van der Waals surface area contributed by atoms with Gasteiger partial charge in [0.2, 0.25) is 0 Å². The van der Waals surface area contributed by atoms with Crippen molar-refractivity contribution in [3.8, 4) is 0 Å². The molecular formula is C50H94NO8P. The molecule has 9 nitrogen and oxygen atoms in total. The van der Waals surface area contributed by atoms with E-state index in [1.807, 2.05) is 21.1 Å². The first-order chi connectivity index (χ1) is 29.0. The van der Waals surface area contributed by atoms with Gasteiger partial charge in [-0.15, -0.1) is 0 Å². The van der Waals surface area contributed by atoms with Gasteiger partial charge in [-0.2, -0.15) is 0 Å². The average molecular weight is 868 g/mol. The predicted octanol–water partition coefficient (Wildman–Crippen LogP) is 13.8. The number of carbonyl (C=O) groups excluding carboxylic acids is 2. The van der Waals surface area contributed by atoms with Crippen LogP contribution in [-0.2, 0) is 32.7 Å². The molecule has 0 saturated carbocycles. The Bertz CT molecular complexity index is 1120. The standard InChI is InChI=1S/C50H94NO8P/c1-6-8-10-12-14-16-18-20-22-24-25-27-29-31-33-35-37-39-41-43-50(53)59-48(47-58-60(54,55)57-45-44-51(3,4)5)46-56-49(52)42-40-38-36-34-32-30-28-26-23-21-19-17-15-13-11-9-7-2/h14,16,20-23,48H,6-13,15,17-19,24-47H2,1-5H3/b16-14-,22-20-,23-21-/t48-/m1/s1. The van der Waals surface area contributed by atoms with Gasteiger partial charge in [0.05, 0.1) is 27.7 Å². The van der Waals surface area contributed by atoms with Crippen molar-refractivity contribution in [1.29, 1.82) is 0 Å². The van der Waals surface area contributed by atoms with Gasteiger partial charge in [-0.3, -0.25) is 14.2 Å². The number of quaternary nitrogens is 1. The molecule has 2 atom stereocenters. The minimum Gasteiger partial charge on any atom is -0.756 e. The summed E-state index contributed by atoms with van der Waals surface area (Å²) in [5.74, 6) is -0.839. The molecule has 0 fully saturated rings. The van der Waals surface area contributed by atoms with Crippen LogP contribution in [-0.4, -0.2) is 70.0 Å². The smallest absolute Gasteiger partial charge is 0.306 e. The van der Waals surface area contributed by atoms with Gasteiger partial charge in [-0.1, -0.05) is 172 Å². The van der Waals surface area contributed by atoms with Crippen molar-refractivity contribution in [2.45, 2.75) is 225 Å². The fourth-order valence-electron chi connectivity index (χ4n) is 6.74. The lowest BCUT2D eigenvalue weighted by molar-refractivity contribution is -0.870. The zero-order valence-electron chi connectivity index (χ0n) is 39.7. The lowest BCUT2D eigenvalue weighted by atomic mass is 10.1. The Morgan fingerprint density at radius 2 is 0.900 bits per heavy atom. The number of phosphoric ester groups is 1. The molecule has 0 bridgehead atoms. The molecule has 0 aliphatic rings. The Hall–Kier alpha value is -1.77. The van der Waals surface area contributed by atoms with Gasteiger partial charge in [-0.25, -0.2) is 0 Å². The summed E-state index contributed by atoms with van der Waals surface area (Å²) < 4.78 is 34.0. The summed E-state index contributed by atoms with van der Waals surface area (Å²) in [6.07, 6.45) is 48.8. The van der Waals surface area contributed by atoms with E-state index >= 15 is 0 Å². The Morgan fingerprint density at radius 1 is 0.517 bits per heavy atom. The van der Waals surface area contributed by atoms with E-state index in [0.29, 0.717) is 17.4 Å². The monoisotopic (exact) mass is 868 g/mol. The third kappa shape index (κ3) is 45.7. The number of nitrogens with zero attached hydrogens (tertiary/aromatic N) is 1. The van der Waals surface area contributed by atoms with Gasteiger partial charge >= 0.3 is 11.9 Å². The molecule has 0 aromatic carbocycles. The van der Waals surface area contributed by atoms with E-state index in [4.69, 9.17) is 18.5 Å². The van der Waals surface area contributed by atoms with Crippen LogP contribution >= 0.6 is 7.82 Å². The fraction of sp³-hybridized carbons (Fsp3) is 0.840. The van der Waals surface area contributed by atoms with Crippen molar-refractivity contribution < 1.29 is 42.1 Å². The highest BCUT2D eigenvalue weighted by molar-refractivity contribution is 7.45. The maximum absolute atomic E-state index is 12.7. The third-order valence-corrected chi connectivity index (χ3v) is 11.6. The first-order valence-electron chi connectivity index (χ1n) is 24.7. The van der Waals surface area contributed by atoms with E-state index in [9.17, 15) is 19.0 Å². The van der Waals surface area contributed by atoms with E-state index in [0.717, 1.165) is 64.2 Å². The van der Waals surface area contributed by atoms with Crippen LogP contribution in [0.4, 0.5) is 0 Å². The van der Waals surface area contributed by atoms with Crippen LogP contribution in [0.1, 0.15) is 219 Å². The van der Waals surface area contributed by atoms with Crippen LogP contribution in [0.5, 0.6) is 0 Å². The maximum atomic E-state index is 12.7. The minimum absolute atomic E-state index is 0.0322. The third-order valence-electron chi connectivity index (χ3n) is 10.6. The molecule has 10 heteroatoms. The fourth-order valence-corrected chi connectivity index (χ4v) is 7.47. The summed E-state index contributed by atoms with van der Waals surface area (Å²) in [5, 5.41) is 0. The molecule has 0 aliphatic heterocycles. The lowest BCUT2D eigenvalue weighted by Crippen LogP contribution is -2.37. The van der Waals surface area contributed by atoms with Crippen molar-refractivity contribution in [2.75, 3.05) is 47.5 Å². The molecule has 0 spiro atoms. The lowest BCUT2D eigenvalue weighted by Gasteiger charge is -2.28. The predicted molar refractivity (Wildman–Crippen MR) is 250 cm³/mol. The van der Waals surface area contributed by atoms with Crippen LogP contribution in [0, 0.1) is 0 Å². The molecular weight excluding hydrogens is 774 g/mol. The number of hydrogen-bond donors (Lipinski definition) is 0. The first-order valence-corrected chi connectivity index (χ1v) is 26.2. The summed E-state index contributed by atoms with van der Waals surface area (Å²) >= 11 is 0. The number of phosphoric acid groups is 1. The van der Waals surface area contributed by atoms with Gasteiger partial charge in [0.25, 0.3) is 7.82 Å². The molecule has 0 aliphatic carbocycles. The Morgan fingerprint density at radius 3 is 1.37 bits per heavy atom. The SMILES string of the molecule is CCCCC/C=C\C/C=C\CCCCCCCCCCCC(=O)O[C@H](COC(=O)CCCCCCCCC/C=C\CCCCCCCC)COP(=O)([O-])OCC[N+](C)(C)C. The zero-order valence-corrected chi connectivity index (χ0v) is 40.6. The van der Waals surface area contributed by atoms with E-state index < -0.39 is 26.5 Å². The highest BCUT2D eigenvalue weighted by atomic mass is 31.2. The topological polar surface area (TPSA) is 111 Å². The average Bonchev–Trinajstić information content (AvgIpc) is 3.20. The van der Waals surface area contributed by atoms with Crippen molar-refractivity contribution in [3.63, 3.8) is 0 Å². The normalized spacial score (nSPS) is 13.8. The molecule has 0 heterocycles. The number of carbonyl (C=O) groups is 2.